The number of carbonyl (C=O) groups is 1. The molecule has 0 aromatic carbocycles. The average Bonchev–Trinajstić information content (AvgIpc) is 2.08. The molecule has 0 aliphatic heterocycles. The lowest BCUT2D eigenvalue weighted by atomic mass is 9.77. The van der Waals surface area contributed by atoms with Gasteiger partial charge in [0.25, 0.3) is 0 Å². The van der Waals surface area contributed by atoms with Gasteiger partial charge in [0.1, 0.15) is 0 Å². The molecule has 1 atom stereocenters. The van der Waals surface area contributed by atoms with E-state index in [-0.39, 0.29) is 11.4 Å². The van der Waals surface area contributed by atoms with Crippen LogP contribution in [-0.2, 0) is 4.79 Å². The fraction of sp³-hybridized carbons (Fsp3) is 0.929. The lowest BCUT2D eigenvalue weighted by molar-refractivity contribution is -0.122. The fourth-order valence-corrected chi connectivity index (χ4v) is 2.59. The van der Waals surface area contributed by atoms with Crippen molar-refractivity contribution in [1.82, 2.24) is 5.32 Å². The number of rotatable bonds is 5. The van der Waals surface area contributed by atoms with Crippen molar-refractivity contribution in [3.8, 4) is 0 Å². The minimum Gasteiger partial charge on any atom is -0.354 e. The quantitative estimate of drug-likeness (QED) is 0.775. The molecule has 17 heavy (non-hydrogen) atoms. The molecule has 1 fully saturated rings. The zero-order chi connectivity index (χ0) is 13.1. The molecule has 1 amide bonds. The first-order chi connectivity index (χ1) is 7.70. The Labute approximate surface area is 106 Å². The Morgan fingerprint density at radius 2 is 2.00 bits per heavy atom. The van der Waals surface area contributed by atoms with Gasteiger partial charge in [0.2, 0.25) is 5.91 Å². The van der Waals surface area contributed by atoms with Gasteiger partial charge in [-0.1, -0.05) is 27.7 Å². The third-order valence-electron chi connectivity index (χ3n) is 3.48. The summed E-state index contributed by atoms with van der Waals surface area (Å²) >= 11 is 0. The zero-order valence-electron chi connectivity index (χ0n) is 11.8. The molecule has 1 rings (SSSR count). The number of nitrogens with one attached hydrogen (secondary N) is 1. The third-order valence-corrected chi connectivity index (χ3v) is 3.48. The second-order valence-corrected chi connectivity index (χ2v) is 7.07. The average molecular weight is 240 g/mol. The molecule has 0 heterocycles. The van der Waals surface area contributed by atoms with Crippen LogP contribution in [0.4, 0.5) is 0 Å². The van der Waals surface area contributed by atoms with Crippen molar-refractivity contribution in [2.45, 2.75) is 65.3 Å². The molecule has 1 aliphatic rings. The summed E-state index contributed by atoms with van der Waals surface area (Å²) in [7, 11) is 0. The van der Waals surface area contributed by atoms with Crippen molar-refractivity contribution < 1.29 is 4.79 Å². The molecule has 0 saturated heterocycles. The van der Waals surface area contributed by atoms with Crippen LogP contribution in [0.1, 0.15) is 59.8 Å². The van der Waals surface area contributed by atoms with E-state index in [4.69, 9.17) is 5.73 Å². The molecule has 1 unspecified atom stereocenters. The fourth-order valence-electron chi connectivity index (χ4n) is 2.59. The van der Waals surface area contributed by atoms with Crippen LogP contribution >= 0.6 is 0 Å². The van der Waals surface area contributed by atoms with Gasteiger partial charge >= 0.3 is 0 Å². The van der Waals surface area contributed by atoms with E-state index in [1.807, 2.05) is 0 Å². The van der Waals surface area contributed by atoms with Crippen LogP contribution in [0.5, 0.6) is 0 Å². The maximum Gasteiger partial charge on any atom is 0.220 e. The van der Waals surface area contributed by atoms with Gasteiger partial charge in [0.15, 0.2) is 0 Å². The van der Waals surface area contributed by atoms with Crippen molar-refractivity contribution in [2.24, 2.45) is 17.1 Å². The van der Waals surface area contributed by atoms with Gasteiger partial charge in [-0.25, -0.2) is 0 Å². The van der Waals surface area contributed by atoms with Gasteiger partial charge < -0.3 is 11.1 Å². The number of amides is 1. The van der Waals surface area contributed by atoms with Gasteiger partial charge in [0.05, 0.1) is 0 Å². The highest BCUT2D eigenvalue weighted by Crippen LogP contribution is 2.28. The Bertz CT molecular complexity index is 264. The predicted molar refractivity (Wildman–Crippen MR) is 71.6 cm³/mol. The molecular weight excluding hydrogens is 212 g/mol. The van der Waals surface area contributed by atoms with Crippen LogP contribution < -0.4 is 11.1 Å². The lowest BCUT2D eigenvalue weighted by Gasteiger charge is -2.38. The molecule has 3 nitrogen and oxygen atoms in total. The molecule has 0 aromatic rings. The van der Waals surface area contributed by atoms with E-state index in [0.717, 1.165) is 19.3 Å². The Hall–Kier alpha value is -0.570. The molecule has 3 N–H and O–H groups in total. The van der Waals surface area contributed by atoms with E-state index >= 15 is 0 Å². The van der Waals surface area contributed by atoms with Crippen LogP contribution in [-0.4, -0.2) is 18.0 Å². The summed E-state index contributed by atoms with van der Waals surface area (Å²) in [5.74, 6) is 0.587. The molecule has 0 radical (unpaired) electrons. The number of nitrogens with two attached hydrogens (primary N) is 1. The second-order valence-electron chi connectivity index (χ2n) is 7.07. The first-order valence-corrected chi connectivity index (χ1v) is 6.76. The highest BCUT2D eigenvalue weighted by molar-refractivity contribution is 5.76. The first kappa shape index (κ1) is 14.5. The largest absolute Gasteiger partial charge is 0.354 e. The van der Waals surface area contributed by atoms with E-state index in [2.05, 4.69) is 33.0 Å². The van der Waals surface area contributed by atoms with Crippen LogP contribution in [0.3, 0.4) is 0 Å². The summed E-state index contributed by atoms with van der Waals surface area (Å²) in [4.78, 5) is 11.8. The Morgan fingerprint density at radius 3 is 2.41 bits per heavy atom. The van der Waals surface area contributed by atoms with Crippen LogP contribution in [0, 0.1) is 11.3 Å². The smallest absolute Gasteiger partial charge is 0.220 e. The Kier molecular flexibility index (Phi) is 4.59. The molecule has 0 aromatic heterocycles. The predicted octanol–water partition coefficient (Wildman–Crippen LogP) is 2.45. The second kappa shape index (κ2) is 5.38. The van der Waals surface area contributed by atoms with Crippen molar-refractivity contribution in [1.29, 1.82) is 0 Å². The standard InChI is InChI=1S/C14H28N2O/c1-11(9-13(2,3)4)8-12(17)16-10-14(15)6-5-7-14/h11H,5-10,15H2,1-4H3,(H,16,17). The number of hydrogen-bond donors (Lipinski definition) is 2. The van der Waals surface area contributed by atoms with E-state index in [1.165, 1.54) is 6.42 Å². The summed E-state index contributed by atoms with van der Waals surface area (Å²) < 4.78 is 0. The molecular formula is C14H28N2O. The Morgan fingerprint density at radius 1 is 1.41 bits per heavy atom. The normalized spacial score (nSPS) is 20.5. The SMILES string of the molecule is CC(CC(=O)NCC1(N)CCC1)CC(C)(C)C. The van der Waals surface area contributed by atoms with Crippen LogP contribution in [0.25, 0.3) is 0 Å². The summed E-state index contributed by atoms with van der Waals surface area (Å²) in [6.45, 7) is 9.43. The van der Waals surface area contributed by atoms with Crippen LogP contribution in [0.15, 0.2) is 0 Å². The summed E-state index contributed by atoms with van der Waals surface area (Å²) in [5.41, 5.74) is 6.26. The van der Waals surface area contributed by atoms with E-state index in [9.17, 15) is 4.79 Å². The van der Waals surface area contributed by atoms with E-state index in [1.54, 1.807) is 0 Å². The number of hydrogen-bond acceptors (Lipinski definition) is 2. The highest BCUT2D eigenvalue weighted by atomic mass is 16.1. The van der Waals surface area contributed by atoms with Crippen molar-refractivity contribution >= 4 is 5.91 Å². The van der Waals surface area contributed by atoms with Gasteiger partial charge in [-0.2, -0.15) is 0 Å². The van der Waals surface area contributed by atoms with Crippen molar-refractivity contribution in [3.63, 3.8) is 0 Å². The van der Waals surface area contributed by atoms with Crippen molar-refractivity contribution in [2.75, 3.05) is 6.54 Å². The molecule has 0 bridgehead atoms. The maximum atomic E-state index is 11.8. The summed E-state index contributed by atoms with van der Waals surface area (Å²) in [5, 5.41) is 2.98. The molecule has 3 heteroatoms. The van der Waals surface area contributed by atoms with E-state index in [0.29, 0.717) is 24.3 Å². The lowest BCUT2D eigenvalue weighted by Crippen LogP contribution is -2.55. The minimum absolute atomic E-state index is 0.108. The molecule has 1 aliphatic carbocycles. The molecule has 1 saturated carbocycles. The van der Waals surface area contributed by atoms with Crippen molar-refractivity contribution in [3.05, 3.63) is 0 Å². The van der Waals surface area contributed by atoms with E-state index < -0.39 is 0 Å². The topological polar surface area (TPSA) is 55.1 Å². The van der Waals surface area contributed by atoms with Gasteiger partial charge in [-0.05, 0) is 37.0 Å². The van der Waals surface area contributed by atoms with Gasteiger partial charge in [-0.3, -0.25) is 4.79 Å². The van der Waals surface area contributed by atoms with Crippen LogP contribution in [0.2, 0.25) is 0 Å². The summed E-state index contributed by atoms with van der Waals surface area (Å²) in [6, 6.07) is 0. The monoisotopic (exact) mass is 240 g/mol. The Balaban J connectivity index is 2.20. The molecule has 0 spiro atoms. The highest BCUT2D eigenvalue weighted by Gasteiger charge is 2.32. The third kappa shape index (κ3) is 5.53. The maximum absolute atomic E-state index is 11.8. The summed E-state index contributed by atoms with van der Waals surface area (Å²) in [6.07, 6.45) is 4.99. The first-order valence-electron chi connectivity index (χ1n) is 6.76. The zero-order valence-corrected chi connectivity index (χ0v) is 11.8. The van der Waals surface area contributed by atoms with Gasteiger partial charge in [0, 0.05) is 18.5 Å². The minimum atomic E-state index is -0.108. The number of carbonyl (C=O) groups excluding carboxylic acids is 1. The molecule has 100 valence electrons. The van der Waals surface area contributed by atoms with Gasteiger partial charge in [-0.15, -0.1) is 0 Å².